The van der Waals surface area contributed by atoms with Gasteiger partial charge in [-0.15, -0.1) is 0 Å². The molecule has 2 aliphatic carbocycles. The van der Waals surface area contributed by atoms with Crippen molar-refractivity contribution in [3.8, 4) is 0 Å². The maximum atomic E-state index is 14.2. The summed E-state index contributed by atoms with van der Waals surface area (Å²) >= 11 is 0. The van der Waals surface area contributed by atoms with Gasteiger partial charge < -0.3 is 28.8 Å². The molecule has 0 amide bonds. The molecule has 190 valence electrons. The molecule has 0 radical (unpaired) electrons. The minimum Gasteiger partial charge on any atom is -0.472 e. The number of epoxide rings is 1. The van der Waals surface area contributed by atoms with Crippen LogP contribution in [0.2, 0.25) is 0 Å². The molecule has 0 aromatic carbocycles. The average molecular weight is 489 g/mol. The normalized spacial score (nSPS) is 52.1. The summed E-state index contributed by atoms with van der Waals surface area (Å²) in [6, 6.07) is 1.71. The van der Waals surface area contributed by atoms with Crippen molar-refractivity contribution in [3.63, 3.8) is 0 Å². The quantitative estimate of drug-likeness (QED) is 0.450. The van der Waals surface area contributed by atoms with Gasteiger partial charge in [-0.3, -0.25) is 9.59 Å². The van der Waals surface area contributed by atoms with E-state index >= 15 is 0 Å². The van der Waals surface area contributed by atoms with Crippen molar-refractivity contribution in [3.05, 3.63) is 24.2 Å². The van der Waals surface area contributed by atoms with E-state index in [4.69, 9.17) is 18.6 Å². The minimum absolute atomic E-state index is 0.0207. The van der Waals surface area contributed by atoms with Gasteiger partial charge in [0.15, 0.2) is 6.10 Å². The molecule has 3 aliphatic heterocycles. The van der Waals surface area contributed by atoms with Crippen molar-refractivity contribution < 1.29 is 43.2 Å². The number of aliphatic hydroxyl groups excluding tert-OH is 2. The highest BCUT2D eigenvalue weighted by atomic mass is 16.7. The van der Waals surface area contributed by atoms with Crippen LogP contribution in [-0.2, 0) is 28.6 Å². The van der Waals surface area contributed by atoms with E-state index in [1.165, 1.54) is 12.5 Å². The molecule has 2 N–H and O–H groups in total. The molecule has 0 bridgehead atoms. The Morgan fingerprint density at radius 3 is 2.37 bits per heavy atom. The van der Waals surface area contributed by atoms with Gasteiger partial charge in [0.05, 0.1) is 36.6 Å². The number of fused-ring (bicyclic) bond motifs is 3. The fraction of sp³-hybridized carbons (Fsp3) is 0.731. The topological polar surface area (TPSA) is 136 Å². The minimum atomic E-state index is -1.32. The van der Waals surface area contributed by atoms with E-state index in [-0.39, 0.29) is 25.0 Å². The molecule has 5 fully saturated rings. The fourth-order valence-electron chi connectivity index (χ4n) is 9.05. The number of ether oxygens (including phenoxy) is 3. The van der Waals surface area contributed by atoms with Gasteiger partial charge in [0.1, 0.15) is 23.1 Å². The van der Waals surface area contributed by atoms with Gasteiger partial charge in [0.25, 0.3) is 0 Å². The summed E-state index contributed by atoms with van der Waals surface area (Å²) in [7, 11) is 0. The van der Waals surface area contributed by atoms with E-state index in [1.54, 1.807) is 26.8 Å². The summed E-state index contributed by atoms with van der Waals surface area (Å²) in [5.41, 5.74) is -4.94. The van der Waals surface area contributed by atoms with Gasteiger partial charge in [0, 0.05) is 34.7 Å². The summed E-state index contributed by atoms with van der Waals surface area (Å²) in [6.07, 6.45) is -0.973. The summed E-state index contributed by atoms with van der Waals surface area (Å²) in [5.74, 6) is -2.57. The Morgan fingerprint density at radius 2 is 1.71 bits per heavy atom. The Kier molecular flexibility index (Phi) is 4.34. The van der Waals surface area contributed by atoms with Gasteiger partial charge in [-0.25, -0.2) is 4.79 Å². The largest absolute Gasteiger partial charge is 0.472 e. The number of furan rings is 1. The Balaban J connectivity index is 1.56. The van der Waals surface area contributed by atoms with Crippen molar-refractivity contribution in [2.24, 2.45) is 28.1 Å². The molecule has 0 unspecified atom stereocenters. The Bertz CT molecular complexity index is 1130. The summed E-state index contributed by atoms with van der Waals surface area (Å²) in [4.78, 5) is 39.9. The maximum absolute atomic E-state index is 14.2. The van der Waals surface area contributed by atoms with Crippen molar-refractivity contribution >= 4 is 17.7 Å². The van der Waals surface area contributed by atoms with Crippen LogP contribution in [0.4, 0.5) is 0 Å². The number of rotatable bonds is 1. The van der Waals surface area contributed by atoms with Crippen LogP contribution in [0.5, 0.6) is 0 Å². The lowest BCUT2D eigenvalue weighted by Crippen LogP contribution is -2.75. The van der Waals surface area contributed by atoms with Crippen LogP contribution in [0.25, 0.3) is 0 Å². The number of aliphatic hydroxyl groups is 2. The van der Waals surface area contributed by atoms with Gasteiger partial charge in [-0.1, -0.05) is 13.8 Å². The Hall–Kier alpha value is -2.23. The smallest absolute Gasteiger partial charge is 0.339 e. The molecule has 9 heteroatoms. The van der Waals surface area contributed by atoms with E-state index in [2.05, 4.69) is 0 Å². The maximum Gasteiger partial charge on any atom is 0.339 e. The number of esters is 2. The van der Waals surface area contributed by atoms with Crippen molar-refractivity contribution in [2.45, 2.75) is 89.5 Å². The first-order chi connectivity index (χ1) is 16.2. The average Bonchev–Trinajstić information content (AvgIpc) is 3.34. The van der Waals surface area contributed by atoms with Crippen LogP contribution in [0, 0.1) is 28.1 Å². The van der Waals surface area contributed by atoms with E-state index in [9.17, 15) is 24.6 Å². The second-order valence-corrected chi connectivity index (χ2v) is 12.3. The third-order valence-corrected chi connectivity index (χ3v) is 10.4. The number of carbonyl (C=O) groups is 3. The molecule has 9 nitrogen and oxygen atoms in total. The summed E-state index contributed by atoms with van der Waals surface area (Å²) in [6.45, 7) is 9.01. The first-order valence-corrected chi connectivity index (χ1v) is 12.3. The molecule has 6 rings (SSSR count). The molecule has 35 heavy (non-hydrogen) atoms. The first-order valence-electron chi connectivity index (χ1n) is 12.3. The number of ketones is 1. The monoisotopic (exact) mass is 488 g/mol. The fourth-order valence-corrected chi connectivity index (χ4v) is 9.05. The standard InChI is InChI=1S/C26H32O9/c1-22(2)14-8-16(29)25(5)18(24(14,4)15(28)9-17(30)34-22)13(27)10-23(3)19(12-6-7-32-11-12)33-21(31)20-26(23,25)35-20/h6-7,11,13-15,18-20,27-28H,8-10H2,1-5H3/t13-,14+,15-,18-,19+,20-,23-,24+,25-,26+/m0/s1. The molecule has 2 saturated carbocycles. The zero-order chi connectivity index (χ0) is 25.3. The Morgan fingerprint density at radius 1 is 1.00 bits per heavy atom. The number of cyclic esters (lactones) is 2. The van der Waals surface area contributed by atoms with Gasteiger partial charge in [0.2, 0.25) is 0 Å². The van der Waals surface area contributed by atoms with Crippen LogP contribution < -0.4 is 0 Å². The number of carbonyl (C=O) groups excluding carboxylic acids is 3. The Labute approximate surface area is 203 Å². The SMILES string of the molecule is CC1(C)OC(=O)C[C@H](O)[C@@]2(C)[C@@H]1CC(=O)[C@@]1(C)[C@H]2[C@@H](O)C[C@@]2(C)[C@@H](c3ccoc3)OC(=O)[C@@H]3O[C@]321. The lowest BCUT2D eigenvalue weighted by molar-refractivity contribution is -0.257. The third kappa shape index (κ3) is 2.42. The molecule has 1 aromatic rings. The predicted molar refractivity (Wildman–Crippen MR) is 117 cm³/mol. The first kappa shape index (κ1) is 23.2. The number of hydrogen-bond acceptors (Lipinski definition) is 9. The molecule has 1 spiro atoms. The second-order valence-electron chi connectivity index (χ2n) is 12.3. The van der Waals surface area contributed by atoms with Crippen LogP contribution in [-0.4, -0.2) is 57.4 Å². The van der Waals surface area contributed by atoms with Gasteiger partial charge in [-0.2, -0.15) is 0 Å². The molecule has 10 atom stereocenters. The third-order valence-electron chi connectivity index (χ3n) is 10.4. The van der Waals surface area contributed by atoms with Gasteiger partial charge in [-0.05, 0) is 33.3 Å². The highest BCUT2D eigenvalue weighted by Crippen LogP contribution is 2.78. The zero-order valence-electron chi connectivity index (χ0n) is 20.6. The zero-order valence-corrected chi connectivity index (χ0v) is 20.6. The predicted octanol–water partition coefficient (Wildman–Crippen LogP) is 2.09. The van der Waals surface area contributed by atoms with E-state index in [0.29, 0.717) is 5.56 Å². The van der Waals surface area contributed by atoms with Gasteiger partial charge >= 0.3 is 11.9 Å². The molecule has 4 heterocycles. The van der Waals surface area contributed by atoms with Crippen LogP contribution >= 0.6 is 0 Å². The van der Waals surface area contributed by atoms with E-state index < -0.39 is 75.6 Å². The lowest BCUT2D eigenvalue weighted by Gasteiger charge is -2.67. The highest BCUT2D eigenvalue weighted by molar-refractivity contribution is 5.93. The van der Waals surface area contributed by atoms with E-state index in [0.717, 1.165) is 0 Å². The molecule has 1 aromatic heterocycles. The second kappa shape index (κ2) is 6.55. The highest BCUT2D eigenvalue weighted by Gasteiger charge is 2.90. The molecular weight excluding hydrogens is 456 g/mol. The summed E-state index contributed by atoms with van der Waals surface area (Å²) < 4.78 is 23.0. The van der Waals surface area contributed by atoms with E-state index in [1.807, 2.05) is 13.8 Å². The number of hydrogen-bond donors (Lipinski definition) is 2. The van der Waals surface area contributed by atoms with Crippen molar-refractivity contribution in [1.82, 2.24) is 0 Å². The van der Waals surface area contributed by atoms with Crippen molar-refractivity contribution in [2.75, 3.05) is 0 Å². The molecular formula is C26H32O9. The lowest BCUT2D eigenvalue weighted by atomic mass is 9.36. The van der Waals surface area contributed by atoms with Crippen LogP contribution in [0.15, 0.2) is 23.0 Å². The molecule has 3 saturated heterocycles. The van der Waals surface area contributed by atoms with Crippen LogP contribution in [0.3, 0.4) is 0 Å². The van der Waals surface area contributed by atoms with Crippen LogP contribution in [0.1, 0.15) is 65.5 Å². The molecule has 5 aliphatic rings. The van der Waals surface area contributed by atoms with Crippen molar-refractivity contribution in [1.29, 1.82) is 0 Å². The summed E-state index contributed by atoms with van der Waals surface area (Å²) in [5, 5.41) is 23.3. The number of Topliss-reactive ketones (excluding diaryl/α,β-unsaturated/α-hetero) is 1.